The van der Waals surface area contributed by atoms with Gasteiger partial charge in [0.1, 0.15) is 5.75 Å². The Morgan fingerprint density at radius 3 is 2.38 bits per heavy atom. The fraction of sp³-hybridized carbons (Fsp3) is 0.300. The van der Waals surface area contributed by atoms with Crippen LogP contribution in [0.2, 0.25) is 5.02 Å². The minimum atomic E-state index is -4.77. The molecule has 2 nitrogen and oxygen atoms in total. The van der Waals surface area contributed by atoms with E-state index in [1.165, 1.54) is 19.9 Å². The number of halogens is 4. The van der Waals surface area contributed by atoms with Gasteiger partial charge < -0.3 is 4.74 Å². The molecule has 0 heterocycles. The van der Waals surface area contributed by atoms with Gasteiger partial charge in [-0.05, 0) is 25.5 Å². The van der Waals surface area contributed by atoms with Crippen LogP contribution in [0, 0.1) is 6.92 Å². The van der Waals surface area contributed by atoms with Gasteiger partial charge in [-0.25, -0.2) is 0 Å². The minimum absolute atomic E-state index is 0.0580. The standard InChI is InChI=1S/C10H8ClF3O2/c1-5-3-7(6(2)15)8(11)4-9(5)16-10(12,13)14/h3-4H,1-2H3. The second-order valence-corrected chi connectivity index (χ2v) is 3.61. The van der Waals surface area contributed by atoms with Gasteiger partial charge in [0.25, 0.3) is 0 Å². The average Bonchev–Trinajstić information content (AvgIpc) is 2.07. The highest BCUT2D eigenvalue weighted by Gasteiger charge is 2.32. The fourth-order valence-electron chi connectivity index (χ4n) is 1.17. The highest BCUT2D eigenvalue weighted by Crippen LogP contribution is 2.31. The average molecular weight is 253 g/mol. The number of carbonyl (C=O) groups is 1. The molecule has 1 aromatic rings. The topological polar surface area (TPSA) is 26.3 Å². The van der Waals surface area contributed by atoms with Gasteiger partial charge in [0.15, 0.2) is 5.78 Å². The van der Waals surface area contributed by atoms with E-state index in [9.17, 15) is 18.0 Å². The first-order valence-electron chi connectivity index (χ1n) is 4.27. The number of carbonyl (C=O) groups excluding carboxylic acids is 1. The molecule has 0 amide bonds. The SMILES string of the molecule is CC(=O)c1cc(C)c(OC(F)(F)F)cc1Cl. The van der Waals surface area contributed by atoms with E-state index in [0.717, 1.165) is 6.07 Å². The molecule has 0 aliphatic carbocycles. The third-order valence-corrected chi connectivity index (χ3v) is 2.18. The number of Topliss-reactive ketones (excluding diaryl/α,β-unsaturated/α-hetero) is 1. The van der Waals surface area contributed by atoms with Gasteiger partial charge in [-0.1, -0.05) is 11.6 Å². The maximum Gasteiger partial charge on any atom is 0.573 e. The molecular formula is C10H8ClF3O2. The highest BCUT2D eigenvalue weighted by atomic mass is 35.5. The zero-order valence-corrected chi connectivity index (χ0v) is 9.24. The van der Waals surface area contributed by atoms with E-state index in [-0.39, 0.29) is 21.9 Å². The molecule has 0 fully saturated rings. The smallest absolute Gasteiger partial charge is 0.405 e. The second-order valence-electron chi connectivity index (χ2n) is 3.20. The van der Waals surface area contributed by atoms with Gasteiger partial charge >= 0.3 is 6.36 Å². The van der Waals surface area contributed by atoms with Crippen LogP contribution >= 0.6 is 11.6 Å². The van der Waals surface area contributed by atoms with Gasteiger partial charge in [0, 0.05) is 11.6 Å². The van der Waals surface area contributed by atoms with E-state index in [1.54, 1.807) is 0 Å². The van der Waals surface area contributed by atoms with Crippen molar-refractivity contribution in [2.24, 2.45) is 0 Å². The molecule has 0 bridgehead atoms. The molecule has 0 radical (unpaired) electrons. The zero-order valence-electron chi connectivity index (χ0n) is 8.48. The largest absolute Gasteiger partial charge is 0.573 e. The monoisotopic (exact) mass is 252 g/mol. The van der Waals surface area contributed by atoms with Crippen LogP contribution in [0.4, 0.5) is 13.2 Å². The Morgan fingerprint density at radius 2 is 1.94 bits per heavy atom. The van der Waals surface area contributed by atoms with Crippen LogP contribution in [-0.4, -0.2) is 12.1 Å². The molecule has 16 heavy (non-hydrogen) atoms. The summed E-state index contributed by atoms with van der Waals surface area (Å²) >= 11 is 5.66. The molecule has 0 saturated carbocycles. The molecule has 0 unspecified atom stereocenters. The van der Waals surface area contributed by atoms with Crippen LogP contribution in [-0.2, 0) is 0 Å². The van der Waals surface area contributed by atoms with E-state index in [1.807, 2.05) is 0 Å². The Bertz CT molecular complexity index is 427. The Hall–Kier alpha value is -1.23. The highest BCUT2D eigenvalue weighted by molar-refractivity contribution is 6.34. The van der Waals surface area contributed by atoms with Gasteiger partial charge in [-0.2, -0.15) is 0 Å². The van der Waals surface area contributed by atoms with Crippen molar-refractivity contribution in [1.82, 2.24) is 0 Å². The van der Waals surface area contributed by atoms with Crippen molar-refractivity contribution >= 4 is 17.4 Å². The van der Waals surface area contributed by atoms with Crippen molar-refractivity contribution < 1.29 is 22.7 Å². The number of hydrogen-bond donors (Lipinski definition) is 0. The number of ether oxygens (including phenoxy) is 1. The van der Waals surface area contributed by atoms with E-state index in [0.29, 0.717) is 0 Å². The van der Waals surface area contributed by atoms with E-state index in [4.69, 9.17) is 11.6 Å². The lowest BCUT2D eigenvalue weighted by molar-refractivity contribution is -0.274. The second kappa shape index (κ2) is 4.33. The van der Waals surface area contributed by atoms with Crippen LogP contribution in [0.5, 0.6) is 5.75 Å². The number of benzene rings is 1. The molecule has 0 aliphatic heterocycles. The van der Waals surface area contributed by atoms with Crippen molar-refractivity contribution in [1.29, 1.82) is 0 Å². The van der Waals surface area contributed by atoms with Crippen LogP contribution in [0.15, 0.2) is 12.1 Å². The Balaban J connectivity index is 3.16. The normalized spacial score (nSPS) is 11.4. The molecule has 1 rings (SSSR count). The van der Waals surface area contributed by atoms with Crippen LogP contribution < -0.4 is 4.74 Å². The van der Waals surface area contributed by atoms with Crippen molar-refractivity contribution in [3.05, 3.63) is 28.3 Å². The molecule has 88 valence electrons. The predicted octanol–water partition coefficient (Wildman–Crippen LogP) is 3.75. The number of rotatable bonds is 2. The maximum atomic E-state index is 12.0. The lowest BCUT2D eigenvalue weighted by Crippen LogP contribution is -2.18. The molecule has 0 aliphatic rings. The number of aryl methyl sites for hydroxylation is 1. The molecule has 0 aromatic heterocycles. The first-order chi connectivity index (χ1) is 7.20. The number of alkyl halides is 3. The van der Waals surface area contributed by atoms with Crippen LogP contribution in [0.25, 0.3) is 0 Å². The predicted molar refractivity (Wildman–Crippen MR) is 52.9 cm³/mol. The molecule has 6 heteroatoms. The van der Waals surface area contributed by atoms with Crippen molar-refractivity contribution in [3.63, 3.8) is 0 Å². The number of hydrogen-bond acceptors (Lipinski definition) is 2. The minimum Gasteiger partial charge on any atom is -0.405 e. The lowest BCUT2D eigenvalue weighted by atomic mass is 10.1. The molecule has 0 atom stereocenters. The summed E-state index contributed by atoms with van der Waals surface area (Å²) in [7, 11) is 0. The number of ketones is 1. The van der Waals surface area contributed by atoms with Gasteiger partial charge in [0.2, 0.25) is 0 Å². The maximum absolute atomic E-state index is 12.0. The van der Waals surface area contributed by atoms with Crippen LogP contribution in [0.1, 0.15) is 22.8 Å². The Labute approximate surface area is 95.0 Å². The van der Waals surface area contributed by atoms with E-state index >= 15 is 0 Å². The lowest BCUT2D eigenvalue weighted by Gasteiger charge is -2.12. The van der Waals surface area contributed by atoms with E-state index < -0.39 is 12.1 Å². The van der Waals surface area contributed by atoms with E-state index in [2.05, 4.69) is 4.74 Å². The Morgan fingerprint density at radius 1 is 1.38 bits per heavy atom. The van der Waals surface area contributed by atoms with Crippen molar-refractivity contribution in [2.45, 2.75) is 20.2 Å². The summed E-state index contributed by atoms with van der Waals surface area (Å²) in [5.74, 6) is -0.714. The third-order valence-electron chi connectivity index (χ3n) is 1.87. The summed E-state index contributed by atoms with van der Waals surface area (Å²) in [4.78, 5) is 11.1. The quantitative estimate of drug-likeness (QED) is 0.750. The first-order valence-corrected chi connectivity index (χ1v) is 4.65. The molecule has 1 aromatic carbocycles. The van der Waals surface area contributed by atoms with Crippen molar-refractivity contribution in [3.8, 4) is 5.75 Å². The van der Waals surface area contributed by atoms with Gasteiger partial charge in [-0.15, -0.1) is 13.2 Å². The van der Waals surface area contributed by atoms with Crippen LogP contribution in [0.3, 0.4) is 0 Å². The Kier molecular flexibility index (Phi) is 3.48. The van der Waals surface area contributed by atoms with Gasteiger partial charge in [0.05, 0.1) is 5.02 Å². The van der Waals surface area contributed by atoms with Gasteiger partial charge in [-0.3, -0.25) is 4.79 Å². The summed E-state index contributed by atoms with van der Waals surface area (Å²) in [6.07, 6.45) is -4.77. The first kappa shape index (κ1) is 12.8. The fourth-order valence-corrected chi connectivity index (χ4v) is 1.45. The summed E-state index contributed by atoms with van der Waals surface area (Å²) in [6, 6.07) is 2.26. The molecular weight excluding hydrogens is 245 g/mol. The molecule has 0 saturated heterocycles. The third kappa shape index (κ3) is 3.13. The van der Waals surface area contributed by atoms with Crippen molar-refractivity contribution in [2.75, 3.05) is 0 Å². The molecule has 0 N–H and O–H groups in total. The summed E-state index contributed by atoms with van der Waals surface area (Å²) < 4.78 is 39.7. The summed E-state index contributed by atoms with van der Waals surface area (Å²) in [5.41, 5.74) is 0.376. The summed E-state index contributed by atoms with van der Waals surface area (Å²) in [6.45, 7) is 2.69. The zero-order chi connectivity index (χ0) is 12.5. The summed E-state index contributed by atoms with van der Waals surface area (Å²) in [5, 5.41) is -0.0580. The molecule has 0 spiro atoms.